The number of nitrogens with zero attached hydrogens (tertiary/aromatic N) is 2. The third-order valence-electron chi connectivity index (χ3n) is 5.17. The molecule has 2 aliphatic rings. The van der Waals surface area contributed by atoms with Crippen molar-refractivity contribution in [3.63, 3.8) is 0 Å². The third-order valence-corrected chi connectivity index (χ3v) is 5.17. The summed E-state index contributed by atoms with van der Waals surface area (Å²) >= 11 is 0. The van der Waals surface area contributed by atoms with Crippen LogP contribution in [0.1, 0.15) is 31.3 Å². The first-order chi connectivity index (χ1) is 13.8. The molecule has 0 spiro atoms. The lowest BCUT2D eigenvalue weighted by Crippen LogP contribution is -2.40. The number of anilines is 2. The number of amides is 2. The highest BCUT2D eigenvalue weighted by Crippen LogP contribution is 2.45. The van der Waals surface area contributed by atoms with Gasteiger partial charge in [0.15, 0.2) is 0 Å². The number of para-hydroxylation sites is 1. The Bertz CT molecular complexity index is 898. The normalized spacial score (nSPS) is 22.6. The van der Waals surface area contributed by atoms with E-state index in [4.69, 9.17) is 4.74 Å². The minimum atomic E-state index is -0.498. The maximum atomic E-state index is 12.6. The predicted octanol–water partition coefficient (Wildman–Crippen LogP) is 3.42. The lowest BCUT2D eigenvalue weighted by atomic mass is 10.2. The van der Waals surface area contributed by atoms with Crippen LogP contribution >= 0.6 is 0 Å². The van der Waals surface area contributed by atoms with E-state index in [0.717, 1.165) is 5.69 Å². The first-order valence-corrected chi connectivity index (χ1v) is 9.88. The van der Waals surface area contributed by atoms with E-state index in [1.807, 2.05) is 63.2 Å². The molecule has 1 aromatic carbocycles. The van der Waals surface area contributed by atoms with Crippen LogP contribution in [-0.2, 0) is 4.74 Å². The van der Waals surface area contributed by atoms with Crippen molar-refractivity contribution in [2.45, 2.75) is 32.4 Å². The van der Waals surface area contributed by atoms with E-state index < -0.39 is 5.60 Å². The molecule has 29 heavy (non-hydrogen) atoms. The Morgan fingerprint density at radius 2 is 1.72 bits per heavy atom. The van der Waals surface area contributed by atoms with Gasteiger partial charge < -0.3 is 20.3 Å². The quantitative estimate of drug-likeness (QED) is 0.830. The van der Waals surface area contributed by atoms with Gasteiger partial charge in [0.2, 0.25) is 0 Å². The number of rotatable bonds is 4. The number of fused-ring (bicyclic) bond motifs is 1. The summed E-state index contributed by atoms with van der Waals surface area (Å²) in [5.74, 6) is 1.01. The van der Waals surface area contributed by atoms with Crippen LogP contribution in [0.5, 0.6) is 0 Å². The minimum absolute atomic E-state index is 0.0914. The lowest BCUT2D eigenvalue weighted by Gasteiger charge is -2.26. The molecule has 152 valence electrons. The number of piperidine rings is 1. The fourth-order valence-corrected chi connectivity index (χ4v) is 3.74. The van der Waals surface area contributed by atoms with Gasteiger partial charge in [-0.3, -0.25) is 4.79 Å². The summed E-state index contributed by atoms with van der Waals surface area (Å²) in [4.78, 5) is 30.9. The zero-order chi connectivity index (χ0) is 20.6. The molecular formula is C22H26N4O3. The summed E-state index contributed by atoms with van der Waals surface area (Å²) in [6.07, 6.45) is -0.281. The van der Waals surface area contributed by atoms with Crippen molar-refractivity contribution in [1.29, 1.82) is 0 Å². The Labute approximate surface area is 170 Å². The zero-order valence-corrected chi connectivity index (χ0v) is 16.9. The van der Waals surface area contributed by atoms with Gasteiger partial charge in [-0.15, -0.1) is 0 Å². The average Bonchev–Trinajstić information content (AvgIpc) is 3.10. The summed E-state index contributed by atoms with van der Waals surface area (Å²) in [6, 6.07) is 15.1. The van der Waals surface area contributed by atoms with Crippen molar-refractivity contribution >= 4 is 23.5 Å². The van der Waals surface area contributed by atoms with Crippen LogP contribution in [0.2, 0.25) is 0 Å². The minimum Gasteiger partial charge on any atom is -0.444 e. The highest BCUT2D eigenvalue weighted by Gasteiger charge is 2.58. The number of carbonyl (C=O) groups is 2. The number of likely N-dealkylation sites (tertiary alicyclic amines) is 1. The SMILES string of the molecule is CC(C)(C)OC(=O)N1C[C@@H]2C(NC(=O)c3cccc(Nc4ccccc4)n3)[C@@H]2C1. The van der Waals surface area contributed by atoms with Gasteiger partial charge in [0.25, 0.3) is 5.91 Å². The van der Waals surface area contributed by atoms with E-state index in [0.29, 0.717) is 24.6 Å². The number of aromatic nitrogens is 1. The van der Waals surface area contributed by atoms with Gasteiger partial charge in [-0.25, -0.2) is 9.78 Å². The molecule has 0 radical (unpaired) electrons. The molecule has 2 fully saturated rings. The number of carbonyl (C=O) groups excluding carboxylic acids is 2. The molecule has 0 bridgehead atoms. The highest BCUT2D eigenvalue weighted by molar-refractivity contribution is 5.93. The first-order valence-electron chi connectivity index (χ1n) is 9.88. The van der Waals surface area contributed by atoms with E-state index in [9.17, 15) is 9.59 Å². The van der Waals surface area contributed by atoms with E-state index in [2.05, 4.69) is 15.6 Å². The van der Waals surface area contributed by atoms with Gasteiger partial charge in [0, 0.05) is 36.7 Å². The second-order valence-electron chi connectivity index (χ2n) is 8.61. The number of pyridine rings is 1. The summed E-state index contributed by atoms with van der Waals surface area (Å²) < 4.78 is 5.42. The third kappa shape index (κ3) is 4.50. The predicted molar refractivity (Wildman–Crippen MR) is 110 cm³/mol. The maximum Gasteiger partial charge on any atom is 0.410 e. The van der Waals surface area contributed by atoms with Crippen LogP contribution in [0.3, 0.4) is 0 Å². The molecule has 7 nitrogen and oxygen atoms in total. The number of benzene rings is 1. The molecule has 2 amide bonds. The van der Waals surface area contributed by atoms with Gasteiger partial charge >= 0.3 is 6.09 Å². The number of ether oxygens (including phenoxy) is 1. The number of hydrogen-bond acceptors (Lipinski definition) is 5. The molecule has 1 aliphatic heterocycles. The molecule has 1 saturated heterocycles. The van der Waals surface area contributed by atoms with Crippen molar-refractivity contribution in [2.75, 3.05) is 18.4 Å². The van der Waals surface area contributed by atoms with Crippen molar-refractivity contribution in [3.05, 3.63) is 54.2 Å². The van der Waals surface area contributed by atoms with Crippen molar-refractivity contribution in [3.8, 4) is 0 Å². The summed E-state index contributed by atoms with van der Waals surface area (Å²) in [7, 11) is 0. The monoisotopic (exact) mass is 394 g/mol. The van der Waals surface area contributed by atoms with Gasteiger partial charge in [-0.05, 0) is 45.0 Å². The van der Waals surface area contributed by atoms with E-state index >= 15 is 0 Å². The van der Waals surface area contributed by atoms with Crippen LogP contribution in [0, 0.1) is 11.8 Å². The van der Waals surface area contributed by atoms with Crippen molar-refractivity contribution in [1.82, 2.24) is 15.2 Å². The number of hydrogen-bond donors (Lipinski definition) is 2. The lowest BCUT2D eigenvalue weighted by molar-refractivity contribution is 0.0270. The Morgan fingerprint density at radius 3 is 2.38 bits per heavy atom. The van der Waals surface area contributed by atoms with Gasteiger partial charge in [0.1, 0.15) is 17.1 Å². The van der Waals surface area contributed by atoms with E-state index in [1.165, 1.54) is 0 Å². The van der Waals surface area contributed by atoms with Crippen molar-refractivity contribution in [2.24, 2.45) is 11.8 Å². The van der Waals surface area contributed by atoms with E-state index in [-0.39, 0.29) is 29.9 Å². The van der Waals surface area contributed by atoms with Gasteiger partial charge in [-0.1, -0.05) is 24.3 Å². The molecule has 7 heteroatoms. The molecule has 1 aliphatic carbocycles. The van der Waals surface area contributed by atoms with Crippen LogP contribution in [0.15, 0.2) is 48.5 Å². The smallest absolute Gasteiger partial charge is 0.410 e. The molecule has 4 rings (SSSR count). The number of nitrogens with one attached hydrogen (secondary N) is 2. The van der Waals surface area contributed by atoms with Crippen LogP contribution in [0.4, 0.5) is 16.3 Å². The van der Waals surface area contributed by atoms with Gasteiger partial charge in [0.05, 0.1) is 0 Å². The highest BCUT2D eigenvalue weighted by atomic mass is 16.6. The fraction of sp³-hybridized carbons (Fsp3) is 0.409. The molecule has 2 aromatic rings. The Hall–Kier alpha value is -3.09. The summed E-state index contributed by atoms with van der Waals surface area (Å²) in [5, 5.41) is 6.26. The maximum absolute atomic E-state index is 12.6. The second kappa shape index (κ2) is 7.39. The van der Waals surface area contributed by atoms with Crippen molar-refractivity contribution < 1.29 is 14.3 Å². The Balaban J connectivity index is 1.31. The van der Waals surface area contributed by atoms with Crippen LogP contribution < -0.4 is 10.6 Å². The van der Waals surface area contributed by atoms with Crippen LogP contribution in [0.25, 0.3) is 0 Å². The second-order valence-corrected chi connectivity index (χ2v) is 8.61. The van der Waals surface area contributed by atoms with Gasteiger partial charge in [-0.2, -0.15) is 0 Å². The average molecular weight is 394 g/mol. The largest absolute Gasteiger partial charge is 0.444 e. The molecule has 1 saturated carbocycles. The molecule has 2 N–H and O–H groups in total. The Kier molecular flexibility index (Phi) is 4.90. The zero-order valence-electron chi connectivity index (χ0n) is 16.9. The van der Waals surface area contributed by atoms with Crippen LogP contribution in [-0.4, -0.2) is 46.6 Å². The molecule has 3 atom stereocenters. The molecule has 1 aromatic heterocycles. The molecular weight excluding hydrogens is 368 g/mol. The molecule has 1 unspecified atom stereocenters. The first kappa shape index (κ1) is 19.2. The molecule has 2 heterocycles. The fourth-order valence-electron chi connectivity index (χ4n) is 3.74. The summed E-state index contributed by atoms with van der Waals surface area (Å²) in [6.45, 7) is 6.82. The standard InChI is InChI=1S/C22H26N4O3/c1-22(2,3)29-21(28)26-12-15-16(13-26)19(15)25-20(27)17-10-7-11-18(24-17)23-14-8-5-4-6-9-14/h4-11,15-16,19H,12-13H2,1-3H3,(H,23,24)(H,25,27)/t15-,16+,19?. The topological polar surface area (TPSA) is 83.6 Å². The Morgan fingerprint density at radius 1 is 1.03 bits per heavy atom. The summed E-state index contributed by atoms with van der Waals surface area (Å²) in [5.41, 5.74) is 0.790. The van der Waals surface area contributed by atoms with E-state index in [1.54, 1.807) is 11.0 Å².